The number of para-hydroxylation sites is 1. The Morgan fingerprint density at radius 2 is 2.20 bits per heavy atom. The first-order valence-electron chi connectivity index (χ1n) is 7.01. The fourth-order valence-electron chi connectivity index (χ4n) is 2.92. The van der Waals surface area contributed by atoms with E-state index in [1.807, 2.05) is 25.1 Å². The van der Waals surface area contributed by atoms with Gasteiger partial charge in [0.25, 0.3) is 0 Å². The number of furan rings is 1. The van der Waals surface area contributed by atoms with Gasteiger partial charge in [-0.05, 0) is 25.5 Å². The van der Waals surface area contributed by atoms with E-state index in [4.69, 9.17) is 20.8 Å². The van der Waals surface area contributed by atoms with Crippen molar-refractivity contribution in [1.82, 2.24) is 0 Å². The Balaban J connectivity index is 2.03. The van der Waals surface area contributed by atoms with Gasteiger partial charge in [-0.2, -0.15) is 0 Å². The zero-order valence-corrected chi connectivity index (χ0v) is 12.5. The van der Waals surface area contributed by atoms with Crippen LogP contribution in [0, 0.1) is 0 Å². The Morgan fingerprint density at radius 3 is 2.90 bits per heavy atom. The molecule has 2 unspecified atom stereocenters. The summed E-state index contributed by atoms with van der Waals surface area (Å²) in [7, 11) is 0. The Labute approximate surface area is 123 Å². The van der Waals surface area contributed by atoms with Crippen LogP contribution < -0.4 is 0 Å². The van der Waals surface area contributed by atoms with Gasteiger partial charge in [-0.1, -0.05) is 30.7 Å². The summed E-state index contributed by atoms with van der Waals surface area (Å²) in [6.45, 7) is 4.64. The summed E-state index contributed by atoms with van der Waals surface area (Å²) in [4.78, 5) is 0. The number of aliphatic hydroxyl groups is 1. The van der Waals surface area contributed by atoms with Gasteiger partial charge in [-0.3, -0.25) is 0 Å². The number of hydrogen-bond acceptors (Lipinski definition) is 3. The molecule has 0 saturated carbocycles. The minimum Gasteiger partial charge on any atom is -0.456 e. The molecule has 0 bridgehead atoms. The Kier molecular flexibility index (Phi) is 3.32. The minimum atomic E-state index is -0.981. The second kappa shape index (κ2) is 4.76. The van der Waals surface area contributed by atoms with Crippen LogP contribution in [0.15, 0.2) is 28.7 Å². The molecule has 1 aliphatic rings. The van der Waals surface area contributed by atoms with Crippen LogP contribution in [0.2, 0.25) is 5.02 Å². The normalized spacial score (nSPS) is 30.8. The van der Waals surface area contributed by atoms with E-state index in [1.54, 1.807) is 6.07 Å². The van der Waals surface area contributed by atoms with Crippen molar-refractivity contribution in [3.8, 4) is 0 Å². The predicted molar refractivity (Wildman–Crippen MR) is 79.0 cm³/mol. The number of rotatable bonds is 2. The van der Waals surface area contributed by atoms with Gasteiger partial charge in [-0.25, -0.2) is 0 Å². The van der Waals surface area contributed by atoms with E-state index >= 15 is 0 Å². The molecule has 1 aliphatic heterocycles. The third-order valence-corrected chi connectivity index (χ3v) is 4.63. The van der Waals surface area contributed by atoms with Crippen LogP contribution in [0.5, 0.6) is 0 Å². The van der Waals surface area contributed by atoms with Gasteiger partial charge >= 0.3 is 0 Å². The van der Waals surface area contributed by atoms with Gasteiger partial charge in [0.1, 0.15) is 11.4 Å². The molecular formula is C16H19ClO3. The molecule has 0 amide bonds. The van der Waals surface area contributed by atoms with Crippen molar-refractivity contribution in [2.24, 2.45) is 0 Å². The number of benzene rings is 1. The molecular weight excluding hydrogens is 276 g/mol. The third-order valence-electron chi connectivity index (χ3n) is 4.34. The van der Waals surface area contributed by atoms with Crippen LogP contribution in [0.1, 0.15) is 38.9 Å². The summed E-state index contributed by atoms with van der Waals surface area (Å²) in [5, 5.41) is 12.5. The molecule has 4 heteroatoms. The standard InChI is InChI=1S/C16H19ClO3/c1-3-15(2)10-16(18,7-8-19-15)13-9-11-5-4-6-12(17)14(11)20-13/h4-6,9,18H,3,7-8,10H2,1-2H3. The number of ether oxygens (including phenoxy) is 1. The zero-order valence-electron chi connectivity index (χ0n) is 11.8. The number of halogens is 1. The predicted octanol–water partition coefficient (Wildman–Crippen LogP) is 4.25. The molecule has 2 aromatic rings. The summed E-state index contributed by atoms with van der Waals surface area (Å²) in [5.74, 6) is 0.587. The quantitative estimate of drug-likeness (QED) is 0.900. The van der Waals surface area contributed by atoms with Crippen LogP contribution >= 0.6 is 11.6 Å². The SMILES string of the molecule is CCC1(C)CC(O)(c2cc3cccc(Cl)c3o2)CCO1. The summed E-state index contributed by atoms with van der Waals surface area (Å²) in [6.07, 6.45) is 1.93. The van der Waals surface area contributed by atoms with Crippen LogP contribution in [0.4, 0.5) is 0 Å². The topological polar surface area (TPSA) is 42.6 Å². The van der Waals surface area contributed by atoms with Crippen molar-refractivity contribution >= 4 is 22.6 Å². The fourth-order valence-corrected chi connectivity index (χ4v) is 3.14. The largest absolute Gasteiger partial charge is 0.456 e. The Hall–Kier alpha value is -1.03. The van der Waals surface area contributed by atoms with Crippen LogP contribution in [0.25, 0.3) is 11.0 Å². The molecule has 2 heterocycles. The van der Waals surface area contributed by atoms with Crippen molar-refractivity contribution in [2.45, 2.75) is 44.3 Å². The van der Waals surface area contributed by atoms with Crippen molar-refractivity contribution < 1.29 is 14.3 Å². The van der Waals surface area contributed by atoms with Crippen molar-refractivity contribution in [2.75, 3.05) is 6.61 Å². The molecule has 1 N–H and O–H groups in total. The molecule has 0 radical (unpaired) electrons. The van der Waals surface area contributed by atoms with Gasteiger partial charge < -0.3 is 14.3 Å². The van der Waals surface area contributed by atoms with E-state index in [-0.39, 0.29) is 5.60 Å². The average molecular weight is 295 g/mol. The first kappa shape index (κ1) is 13.9. The summed E-state index contributed by atoms with van der Waals surface area (Å²) >= 11 is 6.14. The second-order valence-electron chi connectivity index (χ2n) is 5.88. The highest BCUT2D eigenvalue weighted by atomic mass is 35.5. The molecule has 108 valence electrons. The fraction of sp³-hybridized carbons (Fsp3) is 0.500. The lowest BCUT2D eigenvalue weighted by Crippen LogP contribution is -2.45. The maximum absolute atomic E-state index is 11.0. The second-order valence-corrected chi connectivity index (χ2v) is 6.29. The lowest BCUT2D eigenvalue weighted by molar-refractivity contribution is -0.163. The molecule has 0 spiro atoms. The molecule has 3 nitrogen and oxygen atoms in total. The van der Waals surface area contributed by atoms with E-state index in [0.29, 0.717) is 35.8 Å². The van der Waals surface area contributed by atoms with E-state index in [1.165, 1.54) is 0 Å². The van der Waals surface area contributed by atoms with Gasteiger partial charge in [0.2, 0.25) is 0 Å². The van der Waals surface area contributed by atoms with E-state index in [0.717, 1.165) is 11.8 Å². The monoisotopic (exact) mass is 294 g/mol. The van der Waals surface area contributed by atoms with Gasteiger partial charge in [0, 0.05) is 18.2 Å². The lowest BCUT2D eigenvalue weighted by Gasteiger charge is -2.42. The van der Waals surface area contributed by atoms with Gasteiger partial charge in [0.15, 0.2) is 5.58 Å². The number of hydrogen-bond donors (Lipinski definition) is 1. The Morgan fingerprint density at radius 1 is 1.40 bits per heavy atom. The summed E-state index contributed by atoms with van der Waals surface area (Å²) in [6, 6.07) is 7.51. The summed E-state index contributed by atoms with van der Waals surface area (Å²) in [5.41, 5.74) is -0.650. The average Bonchev–Trinajstić information content (AvgIpc) is 2.85. The van der Waals surface area contributed by atoms with Crippen molar-refractivity contribution in [3.63, 3.8) is 0 Å². The lowest BCUT2D eigenvalue weighted by atomic mass is 9.80. The van der Waals surface area contributed by atoms with Gasteiger partial charge in [0.05, 0.1) is 17.2 Å². The van der Waals surface area contributed by atoms with Crippen molar-refractivity contribution in [1.29, 1.82) is 0 Å². The van der Waals surface area contributed by atoms with Gasteiger partial charge in [-0.15, -0.1) is 0 Å². The zero-order chi connectivity index (χ0) is 14.4. The smallest absolute Gasteiger partial charge is 0.153 e. The number of fused-ring (bicyclic) bond motifs is 1. The molecule has 3 rings (SSSR count). The van der Waals surface area contributed by atoms with Crippen LogP contribution in [0.3, 0.4) is 0 Å². The first-order valence-corrected chi connectivity index (χ1v) is 7.38. The summed E-state index contributed by atoms with van der Waals surface area (Å²) < 4.78 is 11.6. The van der Waals surface area contributed by atoms with Crippen LogP contribution in [-0.2, 0) is 10.3 Å². The maximum atomic E-state index is 11.0. The molecule has 1 saturated heterocycles. The third kappa shape index (κ3) is 2.24. The molecule has 1 aromatic carbocycles. The highest BCUT2D eigenvalue weighted by Crippen LogP contribution is 2.43. The first-order chi connectivity index (χ1) is 9.46. The molecule has 0 aliphatic carbocycles. The minimum absolute atomic E-state index is 0.310. The maximum Gasteiger partial charge on any atom is 0.153 e. The molecule has 1 aromatic heterocycles. The van der Waals surface area contributed by atoms with Crippen molar-refractivity contribution in [3.05, 3.63) is 35.0 Å². The van der Waals surface area contributed by atoms with E-state index in [2.05, 4.69) is 6.92 Å². The van der Waals surface area contributed by atoms with E-state index in [9.17, 15) is 5.11 Å². The Bertz CT molecular complexity index is 636. The molecule has 1 fully saturated rings. The molecule has 20 heavy (non-hydrogen) atoms. The molecule has 2 atom stereocenters. The van der Waals surface area contributed by atoms with Crippen LogP contribution in [-0.4, -0.2) is 17.3 Å². The highest BCUT2D eigenvalue weighted by molar-refractivity contribution is 6.34. The van der Waals surface area contributed by atoms with E-state index < -0.39 is 5.60 Å². The highest BCUT2D eigenvalue weighted by Gasteiger charge is 2.44.